The minimum atomic E-state index is -0.249. The molecule has 0 spiro atoms. The summed E-state index contributed by atoms with van der Waals surface area (Å²) < 4.78 is 8.78. The van der Waals surface area contributed by atoms with Crippen LogP contribution < -0.4 is 15.6 Å². The van der Waals surface area contributed by atoms with Crippen LogP contribution in [-0.4, -0.2) is 26.9 Å². The fourth-order valence-electron chi connectivity index (χ4n) is 3.69. The van der Waals surface area contributed by atoms with Gasteiger partial charge in [-0.3, -0.25) is 9.59 Å². The molecule has 0 saturated carbocycles. The van der Waals surface area contributed by atoms with Gasteiger partial charge in [0.25, 0.3) is 5.56 Å². The number of amides is 1. The molecule has 32 heavy (non-hydrogen) atoms. The Balaban J connectivity index is 1.55. The first kappa shape index (κ1) is 21.4. The molecule has 2 aromatic heterocycles. The number of aryl methyl sites for hydroxylation is 2. The highest BCUT2D eigenvalue weighted by molar-refractivity contribution is 5.83. The molecule has 7 heteroatoms. The van der Waals surface area contributed by atoms with Gasteiger partial charge >= 0.3 is 0 Å². The van der Waals surface area contributed by atoms with Crippen LogP contribution in [0.5, 0.6) is 5.75 Å². The number of aromatic nitrogens is 3. The molecule has 7 nitrogen and oxygen atoms in total. The zero-order valence-corrected chi connectivity index (χ0v) is 18.5. The Morgan fingerprint density at radius 1 is 1.06 bits per heavy atom. The number of ether oxygens (including phenoxy) is 1. The highest BCUT2D eigenvalue weighted by atomic mass is 16.5. The second-order valence-electron chi connectivity index (χ2n) is 7.66. The fourth-order valence-corrected chi connectivity index (χ4v) is 3.69. The van der Waals surface area contributed by atoms with Crippen LogP contribution >= 0.6 is 0 Å². The van der Waals surface area contributed by atoms with Crippen LogP contribution in [0.25, 0.3) is 16.6 Å². The SMILES string of the molecule is CCOc1ccccc1CNC(=O)Cn1ccc2c(c(C)nn2-c2ccc(C)cc2)c1=O. The molecule has 2 heterocycles. The predicted molar refractivity (Wildman–Crippen MR) is 124 cm³/mol. The van der Waals surface area contributed by atoms with Crippen LogP contribution in [0.3, 0.4) is 0 Å². The summed E-state index contributed by atoms with van der Waals surface area (Å²) in [6.07, 6.45) is 1.64. The lowest BCUT2D eigenvalue weighted by atomic mass is 10.2. The van der Waals surface area contributed by atoms with Crippen molar-refractivity contribution < 1.29 is 9.53 Å². The maximum Gasteiger partial charge on any atom is 0.262 e. The number of nitrogens with zero attached hydrogens (tertiary/aromatic N) is 3. The molecule has 0 aliphatic heterocycles. The standard InChI is InChI=1S/C25H26N4O3/c1-4-32-22-8-6-5-7-19(22)15-26-23(30)16-28-14-13-21-24(25(28)31)18(3)27-29(21)20-11-9-17(2)10-12-20/h5-14H,4,15-16H2,1-3H3,(H,26,30). The van der Waals surface area contributed by atoms with E-state index in [9.17, 15) is 9.59 Å². The van der Waals surface area contributed by atoms with Crippen molar-refractivity contribution in [3.05, 3.63) is 88.0 Å². The largest absolute Gasteiger partial charge is 0.494 e. The Morgan fingerprint density at radius 3 is 2.56 bits per heavy atom. The molecule has 0 bridgehead atoms. The summed E-state index contributed by atoms with van der Waals surface area (Å²) in [6, 6.07) is 17.4. The topological polar surface area (TPSA) is 78.2 Å². The number of carbonyl (C=O) groups is 1. The molecule has 1 N–H and O–H groups in total. The molecule has 4 rings (SSSR count). The molecular formula is C25H26N4O3. The van der Waals surface area contributed by atoms with Crippen molar-refractivity contribution in [2.45, 2.75) is 33.9 Å². The second-order valence-corrected chi connectivity index (χ2v) is 7.66. The summed E-state index contributed by atoms with van der Waals surface area (Å²) in [5.41, 5.74) is 4.05. The van der Waals surface area contributed by atoms with E-state index in [1.165, 1.54) is 4.57 Å². The molecule has 0 atom stereocenters. The average Bonchev–Trinajstić information content (AvgIpc) is 3.13. The van der Waals surface area contributed by atoms with Gasteiger partial charge in [-0.05, 0) is 45.0 Å². The van der Waals surface area contributed by atoms with Crippen molar-refractivity contribution in [3.8, 4) is 11.4 Å². The number of nitrogens with one attached hydrogen (secondary N) is 1. The summed E-state index contributed by atoms with van der Waals surface area (Å²) in [7, 11) is 0. The van der Waals surface area contributed by atoms with Crippen molar-refractivity contribution in [2.75, 3.05) is 6.61 Å². The number of pyridine rings is 1. The third-order valence-electron chi connectivity index (χ3n) is 5.32. The van der Waals surface area contributed by atoms with Gasteiger partial charge in [0, 0.05) is 18.3 Å². The first-order valence-electron chi connectivity index (χ1n) is 10.6. The van der Waals surface area contributed by atoms with Gasteiger partial charge < -0.3 is 14.6 Å². The van der Waals surface area contributed by atoms with E-state index in [2.05, 4.69) is 10.4 Å². The van der Waals surface area contributed by atoms with Gasteiger partial charge in [0.15, 0.2) is 0 Å². The van der Waals surface area contributed by atoms with E-state index in [0.717, 1.165) is 28.1 Å². The Bertz CT molecular complexity index is 1320. The van der Waals surface area contributed by atoms with Crippen LogP contribution in [0.2, 0.25) is 0 Å². The molecule has 0 unspecified atom stereocenters. The molecule has 0 aliphatic rings. The third kappa shape index (κ3) is 4.27. The summed E-state index contributed by atoms with van der Waals surface area (Å²) in [4.78, 5) is 25.7. The van der Waals surface area contributed by atoms with Gasteiger partial charge in [0.05, 0.1) is 28.9 Å². The third-order valence-corrected chi connectivity index (χ3v) is 5.32. The lowest BCUT2D eigenvalue weighted by Gasteiger charge is -2.12. The average molecular weight is 431 g/mol. The molecule has 164 valence electrons. The lowest BCUT2D eigenvalue weighted by Crippen LogP contribution is -2.32. The van der Waals surface area contributed by atoms with Gasteiger partial charge in [0.1, 0.15) is 12.3 Å². The van der Waals surface area contributed by atoms with Gasteiger partial charge in [0.2, 0.25) is 5.91 Å². The normalized spacial score (nSPS) is 11.0. The Labute approximate surface area is 186 Å². The van der Waals surface area contributed by atoms with E-state index < -0.39 is 0 Å². The summed E-state index contributed by atoms with van der Waals surface area (Å²) in [5.74, 6) is 0.495. The fraction of sp³-hybridized carbons (Fsp3) is 0.240. The Kier molecular flexibility index (Phi) is 6.07. The maximum atomic E-state index is 13.1. The van der Waals surface area contributed by atoms with E-state index in [-0.39, 0.29) is 18.0 Å². The van der Waals surface area contributed by atoms with Gasteiger partial charge in [-0.25, -0.2) is 4.68 Å². The van der Waals surface area contributed by atoms with Crippen LogP contribution in [0.4, 0.5) is 0 Å². The van der Waals surface area contributed by atoms with Crippen molar-refractivity contribution in [2.24, 2.45) is 0 Å². The van der Waals surface area contributed by atoms with Crippen LogP contribution in [0.15, 0.2) is 65.6 Å². The zero-order valence-electron chi connectivity index (χ0n) is 18.5. The van der Waals surface area contributed by atoms with Gasteiger partial charge in [-0.15, -0.1) is 0 Å². The highest BCUT2D eigenvalue weighted by Gasteiger charge is 2.15. The maximum absolute atomic E-state index is 13.1. The Hall–Kier alpha value is -3.87. The summed E-state index contributed by atoms with van der Waals surface area (Å²) >= 11 is 0. The number of benzene rings is 2. The van der Waals surface area contributed by atoms with Gasteiger partial charge in [-0.2, -0.15) is 5.10 Å². The molecule has 0 fully saturated rings. The number of rotatable bonds is 7. The smallest absolute Gasteiger partial charge is 0.262 e. The zero-order chi connectivity index (χ0) is 22.7. The number of fused-ring (bicyclic) bond motifs is 1. The molecule has 4 aromatic rings. The number of hydrogen-bond donors (Lipinski definition) is 1. The van der Waals surface area contributed by atoms with Crippen molar-refractivity contribution in [1.29, 1.82) is 0 Å². The van der Waals surface area contributed by atoms with E-state index in [0.29, 0.717) is 24.2 Å². The lowest BCUT2D eigenvalue weighted by molar-refractivity contribution is -0.121. The predicted octanol–water partition coefficient (Wildman–Crippen LogP) is 3.52. The minimum Gasteiger partial charge on any atom is -0.494 e. The van der Waals surface area contributed by atoms with E-state index in [1.54, 1.807) is 10.9 Å². The first-order valence-corrected chi connectivity index (χ1v) is 10.6. The van der Waals surface area contributed by atoms with Crippen molar-refractivity contribution in [1.82, 2.24) is 19.7 Å². The quantitative estimate of drug-likeness (QED) is 0.487. The highest BCUT2D eigenvalue weighted by Crippen LogP contribution is 2.20. The van der Waals surface area contributed by atoms with E-state index in [4.69, 9.17) is 4.74 Å². The molecule has 2 aromatic carbocycles. The Morgan fingerprint density at radius 2 is 1.81 bits per heavy atom. The first-order chi connectivity index (χ1) is 15.5. The van der Waals surface area contributed by atoms with Crippen LogP contribution in [0, 0.1) is 13.8 Å². The molecule has 1 amide bonds. The van der Waals surface area contributed by atoms with E-state index >= 15 is 0 Å². The van der Waals surface area contributed by atoms with E-state index in [1.807, 2.05) is 75.4 Å². The molecule has 0 saturated heterocycles. The number of carbonyl (C=O) groups excluding carboxylic acids is 1. The summed E-state index contributed by atoms with van der Waals surface area (Å²) in [5, 5.41) is 7.95. The number of hydrogen-bond acceptors (Lipinski definition) is 4. The van der Waals surface area contributed by atoms with Crippen LogP contribution in [0.1, 0.15) is 23.7 Å². The molecule has 0 radical (unpaired) electrons. The minimum absolute atomic E-state index is 0.0687. The van der Waals surface area contributed by atoms with Crippen molar-refractivity contribution >= 4 is 16.8 Å². The number of para-hydroxylation sites is 1. The molecular weight excluding hydrogens is 404 g/mol. The van der Waals surface area contributed by atoms with Gasteiger partial charge in [-0.1, -0.05) is 35.9 Å². The summed E-state index contributed by atoms with van der Waals surface area (Å²) in [6.45, 7) is 6.56. The second kappa shape index (κ2) is 9.09. The monoisotopic (exact) mass is 430 g/mol. The van der Waals surface area contributed by atoms with Crippen LogP contribution in [-0.2, 0) is 17.9 Å². The molecule has 0 aliphatic carbocycles. The van der Waals surface area contributed by atoms with Crippen molar-refractivity contribution in [3.63, 3.8) is 0 Å².